The molecule has 1 amide bonds. The third-order valence-electron chi connectivity index (χ3n) is 5.24. The summed E-state index contributed by atoms with van der Waals surface area (Å²) in [6, 6.07) is 4.68. The molecule has 1 saturated heterocycles. The third kappa shape index (κ3) is 5.57. The molecule has 0 atom stereocenters. The number of halogens is 3. The molecular formula is C20H26F3N5O2. The Bertz CT molecular complexity index is 826. The van der Waals surface area contributed by atoms with Gasteiger partial charge in [-0.25, -0.2) is 0 Å². The van der Waals surface area contributed by atoms with E-state index in [0.29, 0.717) is 37.6 Å². The summed E-state index contributed by atoms with van der Waals surface area (Å²) in [5.41, 5.74) is -0.245. The summed E-state index contributed by atoms with van der Waals surface area (Å²) in [5.74, 6) is 0.825. The van der Waals surface area contributed by atoms with Gasteiger partial charge in [0.25, 0.3) is 0 Å². The predicted molar refractivity (Wildman–Crippen MR) is 104 cm³/mol. The molecule has 0 saturated carbocycles. The molecule has 1 fully saturated rings. The molecule has 30 heavy (non-hydrogen) atoms. The quantitative estimate of drug-likeness (QED) is 0.680. The van der Waals surface area contributed by atoms with E-state index in [-0.39, 0.29) is 11.7 Å². The van der Waals surface area contributed by atoms with Crippen LogP contribution >= 0.6 is 0 Å². The number of hydrogen-bond acceptors (Lipinski definition) is 6. The highest BCUT2D eigenvalue weighted by Crippen LogP contribution is 2.30. The van der Waals surface area contributed by atoms with Gasteiger partial charge in [0.05, 0.1) is 18.7 Å². The Labute approximate surface area is 173 Å². The Morgan fingerprint density at radius 1 is 1.07 bits per heavy atom. The van der Waals surface area contributed by atoms with Gasteiger partial charge >= 0.3 is 6.18 Å². The van der Waals surface area contributed by atoms with Gasteiger partial charge in [-0.3, -0.25) is 14.6 Å². The monoisotopic (exact) mass is 425 g/mol. The van der Waals surface area contributed by atoms with E-state index in [1.54, 1.807) is 0 Å². The van der Waals surface area contributed by atoms with Gasteiger partial charge in [-0.15, -0.1) is 0 Å². The summed E-state index contributed by atoms with van der Waals surface area (Å²) in [6.45, 7) is 9.35. The molecule has 0 radical (unpaired) electrons. The van der Waals surface area contributed by atoms with E-state index < -0.39 is 11.7 Å². The fourth-order valence-electron chi connectivity index (χ4n) is 3.41. The second kappa shape index (κ2) is 9.57. The summed E-state index contributed by atoms with van der Waals surface area (Å²) in [7, 11) is 0. The predicted octanol–water partition coefficient (Wildman–Crippen LogP) is 2.74. The number of carbonyl (C=O) groups is 1. The number of rotatable bonds is 7. The lowest BCUT2D eigenvalue weighted by Gasteiger charge is -2.34. The van der Waals surface area contributed by atoms with Crippen LogP contribution in [0.4, 0.5) is 13.2 Å². The first-order valence-corrected chi connectivity index (χ1v) is 10.0. The van der Waals surface area contributed by atoms with E-state index >= 15 is 0 Å². The van der Waals surface area contributed by atoms with Crippen LogP contribution in [-0.4, -0.2) is 76.6 Å². The van der Waals surface area contributed by atoms with Crippen LogP contribution in [0.1, 0.15) is 25.3 Å². The first kappa shape index (κ1) is 22.2. The molecule has 2 heterocycles. The zero-order valence-corrected chi connectivity index (χ0v) is 17.2. The van der Waals surface area contributed by atoms with Gasteiger partial charge < -0.3 is 9.42 Å². The van der Waals surface area contributed by atoms with Gasteiger partial charge in [0.2, 0.25) is 17.6 Å². The van der Waals surface area contributed by atoms with Crippen molar-refractivity contribution in [2.45, 2.75) is 26.6 Å². The number of hydrogen-bond donors (Lipinski definition) is 0. The molecule has 0 unspecified atom stereocenters. The SMILES string of the molecule is CCN(CC)C(=O)CN1CCN(Cc2nc(-c3ccc(C(F)(F)F)cc3)no2)CC1. The van der Waals surface area contributed by atoms with Gasteiger partial charge in [-0.05, 0) is 26.0 Å². The van der Waals surface area contributed by atoms with Crippen LogP contribution in [0.3, 0.4) is 0 Å². The Morgan fingerprint density at radius 2 is 1.67 bits per heavy atom. The van der Waals surface area contributed by atoms with E-state index in [1.165, 1.54) is 12.1 Å². The van der Waals surface area contributed by atoms with Crippen LogP contribution in [-0.2, 0) is 17.5 Å². The summed E-state index contributed by atoms with van der Waals surface area (Å²) < 4.78 is 43.3. The van der Waals surface area contributed by atoms with Crippen molar-refractivity contribution in [3.63, 3.8) is 0 Å². The average molecular weight is 425 g/mol. The van der Waals surface area contributed by atoms with Gasteiger partial charge in [0.1, 0.15) is 0 Å². The highest BCUT2D eigenvalue weighted by Gasteiger charge is 2.30. The number of piperazine rings is 1. The van der Waals surface area contributed by atoms with Crippen molar-refractivity contribution >= 4 is 5.91 Å². The van der Waals surface area contributed by atoms with Crippen LogP contribution < -0.4 is 0 Å². The summed E-state index contributed by atoms with van der Waals surface area (Å²) >= 11 is 0. The molecular weight excluding hydrogens is 399 g/mol. The maximum absolute atomic E-state index is 12.7. The van der Waals surface area contributed by atoms with Crippen molar-refractivity contribution in [2.24, 2.45) is 0 Å². The maximum Gasteiger partial charge on any atom is 0.416 e. The Kier molecular flexibility index (Phi) is 7.09. The second-order valence-electron chi connectivity index (χ2n) is 7.21. The molecule has 3 rings (SSSR count). The number of benzene rings is 1. The first-order valence-electron chi connectivity index (χ1n) is 10.0. The minimum atomic E-state index is -4.38. The molecule has 2 aromatic rings. The van der Waals surface area contributed by atoms with Crippen molar-refractivity contribution in [1.29, 1.82) is 0 Å². The number of alkyl halides is 3. The van der Waals surface area contributed by atoms with Crippen LogP contribution in [0.25, 0.3) is 11.4 Å². The van der Waals surface area contributed by atoms with Crippen molar-refractivity contribution in [2.75, 3.05) is 45.8 Å². The van der Waals surface area contributed by atoms with Crippen LogP contribution in [0, 0.1) is 0 Å². The molecule has 10 heteroatoms. The second-order valence-corrected chi connectivity index (χ2v) is 7.21. The van der Waals surface area contributed by atoms with Gasteiger partial charge in [0.15, 0.2) is 0 Å². The Morgan fingerprint density at radius 3 is 2.23 bits per heavy atom. The summed E-state index contributed by atoms with van der Waals surface area (Å²) in [5, 5.41) is 3.88. The normalized spacial score (nSPS) is 16.0. The molecule has 0 N–H and O–H groups in total. The fourth-order valence-corrected chi connectivity index (χ4v) is 3.41. The number of aromatic nitrogens is 2. The van der Waals surface area contributed by atoms with Gasteiger partial charge in [-0.2, -0.15) is 18.2 Å². The molecule has 0 spiro atoms. The smallest absolute Gasteiger partial charge is 0.342 e. The number of carbonyl (C=O) groups excluding carboxylic acids is 1. The lowest BCUT2D eigenvalue weighted by molar-refractivity contribution is -0.137. The molecule has 1 aromatic heterocycles. The van der Waals surface area contributed by atoms with Crippen LogP contribution in [0.2, 0.25) is 0 Å². The molecule has 0 bridgehead atoms. The Hall–Kier alpha value is -2.46. The minimum Gasteiger partial charge on any atom is -0.342 e. The van der Waals surface area contributed by atoms with E-state index in [1.807, 2.05) is 18.7 Å². The van der Waals surface area contributed by atoms with E-state index in [0.717, 1.165) is 38.3 Å². The summed E-state index contributed by atoms with van der Waals surface area (Å²) in [4.78, 5) is 22.7. The van der Waals surface area contributed by atoms with Gasteiger partial charge in [-0.1, -0.05) is 17.3 Å². The molecule has 1 aliphatic rings. The average Bonchev–Trinajstić information content (AvgIpc) is 3.18. The molecule has 164 valence electrons. The molecule has 0 aliphatic carbocycles. The van der Waals surface area contributed by atoms with E-state index in [2.05, 4.69) is 19.9 Å². The number of nitrogens with zero attached hydrogens (tertiary/aromatic N) is 5. The van der Waals surface area contributed by atoms with Crippen molar-refractivity contribution < 1.29 is 22.5 Å². The maximum atomic E-state index is 12.7. The minimum absolute atomic E-state index is 0.145. The summed E-state index contributed by atoms with van der Waals surface area (Å²) in [6.07, 6.45) is -4.38. The standard InChI is InChI=1S/C20H26F3N5O2/c1-3-28(4-2)18(29)14-27-11-9-26(10-12-27)13-17-24-19(25-30-17)15-5-7-16(8-6-15)20(21,22)23/h5-8H,3-4,9-14H2,1-2H3. The fraction of sp³-hybridized carbons (Fsp3) is 0.550. The largest absolute Gasteiger partial charge is 0.416 e. The van der Waals surface area contributed by atoms with Crippen LogP contribution in [0.15, 0.2) is 28.8 Å². The molecule has 1 aliphatic heterocycles. The molecule has 1 aromatic carbocycles. The van der Waals surface area contributed by atoms with Crippen molar-refractivity contribution in [3.05, 3.63) is 35.7 Å². The molecule has 7 nitrogen and oxygen atoms in total. The van der Waals surface area contributed by atoms with E-state index in [4.69, 9.17) is 4.52 Å². The highest BCUT2D eigenvalue weighted by molar-refractivity contribution is 5.78. The lowest BCUT2D eigenvalue weighted by Crippen LogP contribution is -2.49. The Balaban J connectivity index is 1.51. The number of likely N-dealkylation sites (N-methyl/N-ethyl adjacent to an activating group) is 1. The first-order chi connectivity index (χ1) is 14.3. The zero-order chi connectivity index (χ0) is 21.7. The lowest BCUT2D eigenvalue weighted by atomic mass is 10.1. The highest BCUT2D eigenvalue weighted by atomic mass is 19.4. The number of amides is 1. The van der Waals surface area contributed by atoms with Crippen molar-refractivity contribution in [3.8, 4) is 11.4 Å². The van der Waals surface area contributed by atoms with Crippen LogP contribution in [0.5, 0.6) is 0 Å². The topological polar surface area (TPSA) is 65.7 Å². The van der Waals surface area contributed by atoms with Gasteiger partial charge in [0, 0.05) is 44.8 Å². The van der Waals surface area contributed by atoms with Crippen molar-refractivity contribution in [1.82, 2.24) is 24.8 Å². The van der Waals surface area contributed by atoms with E-state index in [9.17, 15) is 18.0 Å². The third-order valence-corrected chi connectivity index (χ3v) is 5.24. The zero-order valence-electron chi connectivity index (χ0n) is 17.2.